The quantitative estimate of drug-likeness (QED) is 0.423. The largest absolute Gasteiger partial charge is 0.356 e. The number of likely N-dealkylation sites (tertiary alicyclic amines) is 1. The second-order valence-electron chi connectivity index (χ2n) is 6.80. The molecule has 1 saturated heterocycles. The zero-order valence-electron chi connectivity index (χ0n) is 16.1. The van der Waals surface area contributed by atoms with Crippen LogP contribution in [0.1, 0.15) is 37.3 Å². The Balaban J connectivity index is 1.58. The van der Waals surface area contributed by atoms with Gasteiger partial charge in [0, 0.05) is 44.2 Å². The molecule has 0 amide bonds. The Bertz CT molecular complexity index is 507. The van der Waals surface area contributed by atoms with Gasteiger partial charge in [0.2, 0.25) is 0 Å². The van der Waals surface area contributed by atoms with E-state index >= 15 is 0 Å². The number of nitrogens with zero attached hydrogens (tertiary/aromatic N) is 2. The molecule has 0 saturated carbocycles. The predicted octanol–water partition coefficient (Wildman–Crippen LogP) is 3.27. The molecule has 0 atom stereocenters. The summed E-state index contributed by atoms with van der Waals surface area (Å²) in [5, 5.41) is 7.04. The number of hydrogen-bond donors (Lipinski definition) is 2. The average Bonchev–Trinajstić information content (AvgIpc) is 2.63. The van der Waals surface area contributed by atoms with Gasteiger partial charge in [0.1, 0.15) is 0 Å². The maximum atomic E-state index is 4.37. The van der Waals surface area contributed by atoms with Gasteiger partial charge in [0.25, 0.3) is 0 Å². The first-order chi connectivity index (χ1) is 12.2. The second kappa shape index (κ2) is 11.4. The third-order valence-corrected chi connectivity index (χ3v) is 5.65. The lowest BCUT2D eigenvalue weighted by Gasteiger charge is -2.32. The molecule has 1 fully saturated rings. The molecule has 1 aromatic rings. The predicted molar refractivity (Wildman–Crippen MR) is 112 cm³/mol. The summed E-state index contributed by atoms with van der Waals surface area (Å²) in [5.74, 6) is 3.11. The van der Waals surface area contributed by atoms with Crippen LogP contribution in [0.15, 0.2) is 29.3 Å². The number of hydrogen-bond acceptors (Lipinski definition) is 3. The lowest BCUT2D eigenvalue weighted by atomic mass is 10.1. The van der Waals surface area contributed by atoms with Gasteiger partial charge in [-0.2, -0.15) is 11.8 Å². The van der Waals surface area contributed by atoms with Crippen LogP contribution in [0.25, 0.3) is 0 Å². The fraction of sp³-hybridized carbons (Fsp3) is 0.650. The van der Waals surface area contributed by atoms with Gasteiger partial charge < -0.3 is 15.5 Å². The van der Waals surface area contributed by atoms with Crippen molar-refractivity contribution in [3.8, 4) is 0 Å². The third-order valence-electron chi connectivity index (χ3n) is 4.62. The molecule has 0 unspecified atom stereocenters. The molecule has 2 N–H and O–H groups in total. The van der Waals surface area contributed by atoms with Crippen LogP contribution in [0.4, 0.5) is 0 Å². The van der Waals surface area contributed by atoms with Gasteiger partial charge in [-0.3, -0.25) is 4.99 Å². The molecule has 1 heterocycles. The maximum Gasteiger partial charge on any atom is 0.191 e. The summed E-state index contributed by atoms with van der Waals surface area (Å²) in [6, 6.07) is 9.37. The first-order valence-electron chi connectivity index (χ1n) is 9.54. The third kappa shape index (κ3) is 7.70. The Morgan fingerprint density at radius 1 is 1.24 bits per heavy atom. The van der Waals surface area contributed by atoms with Crippen molar-refractivity contribution in [2.24, 2.45) is 4.99 Å². The van der Waals surface area contributed by atoms with Gasteiger partial charge in [-0.25, -0.2) is 0 Å². The standard InChI is InChI=1S/C20H34N4S/c1-4-12-24-13-9-19(10-14-24)23-20(21-3)22-11-15-25-16-18-7-5-17(2)6-8-18/h5-8,19H,4,9-16H2,1-3H3,(H2,21,22,23). The molecule has 0 aromatic heterocycles. The fourth-order valence-corrected chi connectivity index (χ4v) is 3.94. The molecule has 2 rings (SSSR count). The first kappa shape index (κ1) is 20.1. The molecule has 0 bridgehead atoms. The molecular weight excluding hydrogens is 328 g/mol. The van der Waals surface area contributed by atoms with Crippen molar-refractivity contribution in [3.05, 3.63) is 35.4 Å². The van der Waals surface area contributed by atoms with Crippen LogP contribution in [-0.2, 0) is 5.75 Å². The number of aliphatic imine (C=N–C) groups is 1. The van der Waals surface area contributed by atoms with E-state index in [1.165, 1.54) is 50.0 Å². The second-order valence-corrected chi connectivity index (χ2v) is 7.90. The van der Waals surface area contributed by atoms with Crippen molar-refractivity contribution in [1.82, 2.24) is 15.5 Å². The highest BCUT2D eigenvalue weighted by atomic mass is 32.2. The van der Waals surface area contributed by atoms with Gasteiger partial charge in [-0.15, -0.1) is 0 Å². The van der Waals surface area contributed by atoms with Crippen LogP contribution in [0.3, 0.4) is 0 Å². The maximum absolute atomic E-state index is 4.37. The number of benzene rings is 1. The molecule has 0 radical (unpaired) electrons. The van der Waals surface area contributed by atoms with E-state index in [4.69, 9.17) is 0 Å². The highest BCUT2D eigenvalue weighted by molar-refractivity contribution is 7.98. The number of guanidine groups is 1. The molecule has 0 aliphatic carbocycles. The number of thioether (sulfide) groups is 1. The zero-order valence-corrected chi connectivity index (χ0v) is 16.9. The van der Waals surface area contributed by atoms with E-state index in [9.17, 15) is 0 Å². The monoisotopic (exact) mass is 362 g/mol. The Hall–Kier alpha value is -1.20. The lowest BCUT2D eigenvalue weighted by molar-refractivity contribution is 0.206. The van der Waals surface area contributed by atoms with Crippen LogP contribution in [0, 0.1) is 6.92 Å². The summed E-state index contributed by atoms with van der Waals surface area (Å²) in [4.78, 5) is 6.94. The fourth-order valence-electron chi connectivity index (χ4n) is 3.12. The Morgan fingerprint density at radius 2 is 1.96 bits per heavy atom. The summed E-state index contributed by atoms with van der Waals surface area (Å²) in [6.45, 7) is 8.98. The van der Waals surface area contributed by atoms with Gasteiger partial charge in [0.05, 0.1) is 0 Å². The van der Waals surface area contributed by atoms with E-state index in [0.29, 0.717) is 6.04 Å². The Kier molecular flexibility index (Phi) is 9.19. The van der Waals surface area contributed by atoms with Crippen molar-refractivity contribution in [2.75, 3.05) is 39.0 Å². The summed E-state index contributed by atoms with van der Waals surface area (Å²) in [6.07, 6.45) is 3.67. The van der Waals surface area contributed by atoms with Gasteiger partial charge in [-0.1, -0.05) is 36.8 Å². The van der Waals surface area contributed by atoms with Gasteiger partial charge >= 0.3 is 0 Å². The molecule has 1 aliphatic rings. The van der Waals surface area contributed by atoms with Crippen molar-refractivity contribution in [1.29, 1.82) is 0 Å². The molecule has 0 spiro atoms. The number of rotatable bonds is 8. The molecule has 4 nitrogen and oxygen atoms in total. The topological polar surface area (TPSA) is 39.7 Å². The summed E-state index contributed by atoms with van der Waals surface area (Å²) < 4.78 is 0. The number of aryl methyl sites for hydroxylation is 1. The van der Waals surface area contributed by atoms with E-state index in [0.717, 1.165) is 24.0 Å². The average molecular weight is 363 g/mol. The zero-order chi connectivity index (χ0) is 17.9. The van der Waals surface area contributed by atoms with Crippen LogP contribution < -0.4 is 10.6 Å². The SMILES string of the molecule is CCCN1CCC(NC(=NC)NCCSCc2ccc(C)cc2)CC1. The van der Waals surface area contributed by atoms with E-state index < -0.39 is 0 Å². The van der Waals surface area contributed by atoms with Crippen LogP contribution in [0.2, 0.25) is 0 Å². The lowest BCUT2D eigenvalue weighted by Crippen LogP contribution is -2.49. The normalized spacial score (nSPS) is 16.8. The van der Waals surface area contributed by atoms with Gasteiger partial charge in [0.15, 0.2) is 5.96 Å². The summed E-state index contributed by atoms with van der Waals surface area (Å²) in [5.41, 5.74) is 2.72. The van der Waals surface area contributed by atoms with E-state index in [1.807, 2.05) is 18.8 Å². The Labute approximate surface area is 157 Å². The van der Waals surface area contributed by atoms with Crippen LogP contribution in [0.5, 0.6) is 0 Å². The van der Waals surface area contributed by atoms with Crippen molar-refractivity contribution < 1.29 is 0 Å². The van der Waals surface area contributed by atoms with Gasteiger partial charge in [-0.05, 0) is 38.3 Å². The van der Waals surface area contributed by atoms with E-state index in [1.54, 1.807) is 0 Å². The number of piperidine rings is 1. The molecule has 1 aromatic carbocycles. The van der Waals surface area contributed by atoms with Crippen LogP contribution in [-0.4, -0.2) is 55.9 Å². The molecular formula is C20H34N4S. The van der Waals surface area contributed by atoms with E-state index in [-0.39, 0.29) is 0 Å². The minimum Gasteiger partial charge on any atom is -0.356 e. The Morgan fingerprint density at radius 3 is 2.60 bits per heavy atom. The minimum absolute atomic E-state index is 0.555. The number of nitrogens with one attached hydrogen (secondary N) is 2. The summed E-state index contributed by atoms with van der Waals surface area (Å²) >= 11 is 1.96. The van der Waals surface area contributed by atoms with Crippen molar-refractivity contribution in [3.63, 3.8) is 0 Å². The smallest absolute Gasteiger partial charge is 0.191 e. The van der Waals surface area contributed by atoms with Crippen molar-refractivity contribution in [2.45, 2.75) is 44.9 Å². The molecule has 25 heavy (non-hydrogen) atoms. The highest BCUT2D eigenvalue weighted by Crippen LogP contribution is 2.12. The van der Waals surface area contributed by atoms with Crippen molar-refractivity contribution >= 4 is 17.7 Å². The molecule has 1 aliphatic heterocycles. The highest BCUT2D eigenvalue weighted by Gasteiger charge is 2.19. The first-order valence-corrected chi connectivity index (χ1v) is 10.7. The van der Waals surface area contributed by atoms with E-state index in [2.05, 4.69) is 58.6 Å². The summed E-state index contributed by atoms with van der Waals surface area (Å²) in [7, 11) is 1.86. The minimum atomic E-state index is 0.555. The van der Waals surface area contributed by atoms with Crippen LogP contribution >= 0.6 is 11.8 Å². The molecule has 140 valence electrons. The molecule has 5 heteroatoms.